The van der Waals surface area contributed by atoms with Gasteiger partial charge in [0.1, 0.15) is 6.26 Å². The average Bonchev–Trinajstić information content (AvgIpc) is 3.99. The Morgan fingerprint density at radius 1 is 0.443 bits per heavy atom. The van der Waals surface area contributed by atoms with Crippen molar-refractivity contribution in [2.45, 2.75) is 206 Å². The van der Waals surface area contributed by atoms with Gasteiger partial charge >= 0.3 is 0 Å². The predicted octanol–water partition coefficient (Wildman–Crippen LogP) is 17.6. The summed E-state index contributed by atoms with van der Waals surface area (Å²) in [6.07, 6.45) is 19.5. The Labute approximate surface area is 387 Å². The van der Waals surface area contributed by atoms with Crippen LogP contribution in [0.4, 0.5) is 0 Å². The second-order valence-corrected chi connectivity index (χ2v) is 19.6. The third kappa shape index (κ3) is 150. The molecular formula is C51H108N8OS. The van der Waals surface area contributed by atoms with Crippen molar-refractivity contribution in [2.24, 2.45) is 35.8 Å². The minimum absolute atomic E-state index is 0.177. The van der Waals surface area contributed by atoms with Crippen LogP contribution < -0.4 is 0 Å². The van der Waals surface area contributed by atoms with Crippen molar-refractivity contribution in [3.05, 3.63) is 92.1 Å². The maximum atomic E-state index is 4.33. The maximum Gasteiger partial charge on any atom is 0.123 e. The molecule has 0 bridgehead atoms. The zero-order chi connectivity index (χ0) is 50.8. The van der Waals surface area contributed by atoms with Crippen molar-refractivity contribution in [3.8, 4) is 0 Å². The van der Waals surface area contributed by atoms with E-state index in [9.17, 15) is 0 Å². The van der Waals surface area contributed by atoms with Gasteiger partial charge in [-0.2, -0.15) is 5.10 Å². The highest BCUT2D eigenvalue weighted by Crippen LogP contribution is 2.11. The van der Waals surface area contributed by atoms with Gasteiger partial charge in [-0.15, -0.1) is 0 Å². The van der Waals surface area contributed by atoms with E-state index >= 15 is 0 Å². The van der Waals surface area contributed by atoms with Gasteiger partial charge in [-0.3, -0.25) is 4.68 Å². The summed E-state index contributed by atoms with van der Waals surface area (Å²) in [6.45, 7) is 61.4. The van der Waals surface area contributed by atoms with Gasteiger partial charge < -0.3 is 13.7 Å². The first-order chi connectivity index (χ1) is 27.9. The third-order valence-electron chi connectivity index (χ3n) is 3.25. The van der Waals surface area contributed by atoms with Gasteiger partial charge in [-0.05, 0) is 72.2 Å². The molecule has 0 aliphatic rings. The van der Waals surface area contributed by atoms with Crippen molar-refractivity contribution >= 4 is 11.5 Å². The highest BCUT2D eigenvalue weighted by Gasteiger charge is 2.09. The Morgan fingerprint density at radius 3 is 0.934 bits per heavy atom. The number of nitrogens with zero attached hydrogens (tertiary/aromatic N) is 8. The molecule has 5 aromatic rings. The van der Waals surface area contributed by atoms with E-state index in [2.05, 4.69) is 165 Å². The summed E-state index contributed by atoms with van der Waals surface area (Å²) in [4.78, 5) is 7.74. The number of imidazole rings is 2. The molecule has 0 saturated carbocycles. The molecule has 61 heavy (non-hydrogen) atoms. The minimum Gasteiger partial charge on any atom is -0.365 e. The molecule has 0 aliphatic carbocycles. The average molecular weight is 882 g/mol. The van der Waals surface area contributed by atoms with Crippen LogP contribution >= 0.6 is 11.5 Å². The van der Waals surface area contributed by atoms with Crippen LogP contribution in [-0.2, 0) is 19.6 Å². The van der Waals surface area contributed by atoms with E-state index < -0.39 is 0 Å². The van der Waals surface area contributed by atoms with Crippen molar-refractivity contribution in [1.82, 2.24) is 38.4 Å². The second kappa shape index (κ2) is 52.6. The molecule has 5 heterocycles. The van der Waals surface area contributed by atoms with Gasteiger partial charge in [0.15, 0.2) is 0 Å². The summed E-state index contributed by atoms with van der Waals surface area (Å²) in [7, 11) is 3.83. The first kappa shape index (κ1) is 78.0. The van der Waals surface area contributed by atoms with Crippen LogP contribution in [0.1, 0.15) is 201 Å². The van der Waals surface area contributed by atoms with E-state index in [1.54, 1.807) is 48.1 Å². The molecule has 0 saturated heterocycles. The molecule has 0 unspecified atom stereocenters. The number of aryl methyl sites for hydroxylation is 2. The summed E-state index contributed by atoms with van der Waals surface area (Å²) >= 11 is 1.46. The van der Waals surface area contributed by atoms with Gasteiger partial charge in [0.25, 0.3) is 0 Å². The molecule has 10 heteroatoms. The van der Waals surface area contributed by atoms with Crippen molar-refractivity contribution in [3.63, 3.8) is 0 Å². The zero-order valence-corrected chi connectivity index (χ0v) is 47.4. The highest BCUT2D eigenvalue weighted by molar-refractivity contribution is 7.03. The monoisotopic (exact) mass is 881 g/mol. The third-order valence-corrected chi connectivity index (χ3v) is 3.77. The highest BCUT2D eigenvalue weighted by atomic mass is 32.1. The summed E-state index contributed by atoms with van der Waals surface area (Å²) < 4.78 is 13.8. The van der Waals surface area contributed by atoms with Gasteiger partial charge in [0.2, 0.25) is 0 Å². The SMILES string of the molecule is CC.CC.CC.CC.CC.CC(C)(C)C.CC(C)(C)C.CC(C)(C)C.CC(C)(C)C.CC(C)(C)n1ccnc1.Cn1cccn1.Cn1ccnc1.c1cnoc1.c1cnsc1. The quantitative estimate of drug-likeness (QED) is 0.154. The largest absolute Gasteiger partial charge is 0.365 e. The molecule has 0 spiro atoms. The normalized spacial score (nSPS) is 9.23. The molecule has 0 aliphatic heterocycles. The molecule has 0 atom stereocenters. The summed E-state index contributed by atoms with van der Waals surface area (Å²) in [5.74, 6) is 0. The smallest absolute Gasteiger partial charge is 0.123 e. The number of rotatable bonds is 0. The second-order valence-electron chi connectivity index (χ2n) is 18.9. The zero-order valence-electron chi connectivity index (χ0n) is 46.6. The Hall–Kier alpha value is -3.53. The fourth-order valence-corrected chi connectivity index (χ4v) is 2.03. The van der Waals surface area contributed by atoms with E-state index in [0.717, 1.165) is 0 Å². The summed E-state index contributed by atoms with van der Waals surface area (Å²) in [5.41, 5.74) is 2.18. The molecule has 5 aromatic heterocycles. The lowest BCUT2D eigenvalue weighted by Crippen LogP contribution is -2.19. The summed E-state index contributed by atoms with van der Waals surface area (Å²) in [5, 5.41) is 9.11. The van der Waals surface area contributed by atoms with Crippen LogP contribution in [0.15, 0.2) is 96.6 Å². The number of hydrogen-bond donors (Lipinski definition) is 0. The van der Waals surface area contributed by atoms with Crippen LogP contribution in [-0.4, -0.2) is 38.4 Å². The molecule has 5 rings (SSSR count). The standard InChI is InChI=1S/C7H12N2.4C5H12.2C4H6N2.C3H3NO.C3H3NS.5C2H6/c1-7(2,3)9-5-4-8-6-9;4*1-5(2,3)4;1-6-3-2-5-4-6;1-6-4-2-3-5-6;2*1-2-4-5-3-1;5*1-2/h4-6H,1-3H3;4*1-4H3;2*2-4H,1H3;2*1-3H;5*1-2H3. The van der Waals surface area contributed by atoms with Crippen LogP contribution in [0.3, 0.4) is 0 Å². The van der Waals surface area contributed by atoms with Gasteiger partial charge in [-0.25, -0.2) is 14.3 Å². The molecular weight excluding hydrogens is 773 g/mol. The van der Waals surface area contributed by atoms with Crippen LogP contribution in [0, 0.1) is 21.7 Å². The lowest BCUT2D eigenvalue weighted by molar-refractivity contribution is 0.396. The lowest BCUT2D eigenvalue weighted by Gasteiger charge is -2.19. The minimum atomic E-state index is 0.177. The van der Waals surface area contributed by atoms with Gasteiger partial charge in [0, 0.05) is 68.4 Å². The van der Waals surface area contributed by atoms with E-state index in [4.69, 9.17) is 0 Å². The Bertz CT molecular complexity index is 1120. The Balaban J connectivity index is -0.0000000699. The Morgan fingerprint density at radius 2 is 0.836 bits per heavy atom. The van der Waals surface area contributed by atoms with E-state index in [0.29, 0.717) is 21.7 Å². The number of aromatic nitrogens is 8. The van der Waals surface area contributed by atoms with Crippen molar-refractivity contribution in [1.29, 1.82) is 0 Å². The molecule has 0 amide bonds. The fourth-order valence-electron chi connectivity index (χ4n) is 1.68. The van der Waals surface area contributed by atoms with Crippen molar-refractivity contribution < 1.29 is 4.52 Å². The topological polar surface area (TPSA) is 92.4 Å². The van der Waals surface area contributed by atoms with Gasteiger partial charge in [-0.1, -0.05) is 185 Å². The van der Waals surface area contributed by atoms with E-state index in [1.165, 1.54) is 17.8 Å². The first-order valence-electron chi connectivity index (χ1n) is 22.4. The first-order valence-corrected chi connectivity index (χ1v) is 23.3. The molecule has 0 fully saturated rings. The van der Waals surface area contributed by atoms with Crippen LogP contribution in [0.25, 0.3) is 0 Å². The number of hydrogen-bond acceptors (Lipinski definition) is 7. The van der Waals surface area contributed by atoms with Crippen molar-refractivity contribution in [2.75, 3.05) is 0 Å². The molecule has 0 N–H and O–H groups in total. The van der Waals surface area contributed by atoms with E-state index in [-0.39, 0.29) is 5.54 Å². The lowest BCUT2D eigenvalue weighted by atomic mass is 10.0. The summed E-state index contributed by atoms with van der Waals surface area (Å²) in [6, 6.07) is 5.52. The molecule has 0 aromatic carbocycles. The van der Waals surface area contributed by atoms with Gasteiger partial charge in [0.05, 0.1) is 18.9 Å². The molecule has 364 valence electrons. The Kier molecular flexibility index (Phi) is 67.3. The predicted molar refractivity (Wildman–Crippen MR) is 280 cm³/mol. The fraction of sp³-hybridized carbons (Fsp3) is 0.706. The van der Waals surface area contributed by atoms with Crippen LogP contribution in [0.5, 0.6) is 0 Å². The van der Waals surface area contributed by atoms with E-state index in [1.807, 2.05) is 130 Å². The van der Waals surface area contributed by atoms with Crippen LogP contribution in [0.2, 0.25) is 0 Å². The molecule has 9 nitrogen and oxygen atoms in total. The molecule has 0 radical (unpaired) electrons. The maximum absolute atomic E-state index is 4.33.